The highest BCUT2D eigenvalue weighted by molar-refractivity contribution is 7.90. The molecule has 0 unspecified atom stereocenters. The van der Waals surface area contributed by atoms with Crippen molar-refractivity contribution < 1.29 is 40.6 Å². The fourth-order valence-corrected chi connectivity index (χ4v) is 7.43. The van der Waals surface area contributed by atoms with Gasteiger partial charge in [-0.2, -0.15) is 0 Å². The molecule has 0 saturated heterocycles. The molecule has 0 spiro atoms. The zero-order valence-corrected chi connectivity index (χ0v) is 30.6. The van der Waals surface area contributed by atoms with Crippen molar-refractivity contribution in [3.8, 4) is 34.1 Å². The van der Waals surface area contributed by atoms with Gasteiger partial charge in [-0.1, -0.05) is 48.0 Å². The number of sulfonamides is 1. The first-order chi connectivity index (χ1) is 23.7. The van der Waals surface area contributed by atoms with Crippen LogP contribution in [0, 0.1) is 6.92 Å². The summed E-state index contributed by atoms with van der Waals surface area (Å²) < 4.78 is 74.6. The Morgan fingerprint density at radius 2 is 1.60 bits per heavy atom. The maximum Gasteiger partial charge on any atom is 0.236 e. The van der Waals surface area contributed by atoms with Gasteiger partial charge < -0.3 is 23.8 Å². The third kappa shape index (κ3) is 9.69. The Morgan fingerprint density at radius 1 is 0.880 bits per heavy atom. The average Bonchev–Trinajstić information content (AvgIpc) is 3.06. The SMILES string of the molecule is CC(=O)NS(=O)(=O)CCN(C)Cc1cc(Cl)c(OCc2cccc(-c3ccc4c(c3)OCCO4)c2C)cc1OCc1cccc(S(C)(=O)=O)c1. The number of benzene rings is 4. The number of sulfone groups is 1. The smallest absolute Gasteiger partial charge is 0.236 e. The van der Waals surface area contributed by atoms with Gasteiger partial charge in [0, 0.05) is 37.9 Å². The summed E-state index contributed by atoms with van der Waals surface area (Å²) in [6.45, 7) is 4.81. The van der Waals surface area contributed by atoms with Crippen LogP contribution in [0.25, 0.3) is 11.1 Å². The Balaban J connectivity index is 1.38. The van der Waals surface area contributed by atoms with E-state index in [1.807, 2.05) is 48.0 Å². The third-order valence-electron chi connectivity index (χ3n) is 8.00. The summed E-state index contributed by atoms with van der Waals surface area (Å²) in [7, 11) is -5.48. The molecule has 0 atom stereocenters. The van der Waals surface area contributed by atoms with Crippen LogP contribution in [0.1, 0.15) is 29.2 Å². The number of halogens is 1. The monoisotopic (exact) mass is 742 g/mol. The summed E-state index contributed by atoms with van der Waals surface area (Å²) in [5.74, 6) is 1.27. The molecule has 0 aromatic heterocycles. The maximum absolute atomic E-state index is 12.2. The van der Waals surface area contributed by atoms with E-state index in [4.69, 9.17) is 30.5 Å². The fraction of sp³-hybridized carbons (Fsp3) is 0.306. The van der Waals surface area contributed by atoms with Gasteiger partial charge in [0.2, 0.25) is 15.9 Å². The second-order valence-corrected chi connectivity index (χ2v) is 16.3. The average molecular weight is 743 g/mol. The molecule has 1 heterocycles. The Kier molecular flexibility index (Phi) is 11.6. The zero-order valence-electron chi connectivity index (χ0n) is 28.2. The van der Waals surface area contributed by atoms with Crippen LogP contribution in [-0.2, 0) is 44.4 Å². The fourth-order valence-electron chi connectivity index (χ4n) is 5.41. The predicted octanol–water partition coefficient (Wildman–Crippen LogP) is 5.55. The highest BCUT2D eigenvalue weighted by Crippen LogP contribution is 2.38. The maximum atomic E-state index is 12.2. The van der Waals surface area contributed by atoms with E-state index in [1.165, 1.54) is 6.07 Å². The van der Waals surface area contributed by atoms with Crippen LogP contribution in [0.15, 0.2) is 77.7 Å². The number of carbonyl (C=O) groups is 1. The number of nitrogens with one attached hydrogen (secondary N) is 1. The van der Waals surface area contributed by atoms with Gasteiger partial charge in [0.25, 0.3) is 0 Å². The van der Waals surface area contributed by atoms with Gasteiger partial charge in [0.1, 0.15) is 37.9 Å². The van der Waals surface area contributed by atoms with Gasteiger partial charge in [0.05, 0.1) is 15.7 Å². The van der Waals surface area contributed by atoms with Crippen LogP contribution in [0.5, 0.6) is 23.0 Å². The molecular weight excluding hydrogens is 704 g/mol. The highest BCUT2D eigenvalue weighted by atomic mass is 35.5. The van der Waals surface area contributed by atoms with Crippen molar-refractivity contribution in [2.45, 2.75) is 38.5 Å². The third-order valence-corrected chi connectivity index (χ3v) is 10.7. The van der Waals surface area contributed by atoms with E-state index >= 15 is 0 Å². The first-order valence-electron chi connectivity index (χ1n) is 15.7. The first kappa shape index (κ1) is 37.0. The number of hydrogen-bond acceptors (Lipinski definition) is 10. The molecule has 1 amide bonds. The number of rotatable bonds is 14. The molecule has 14 heteroatoms. The van der Waals surface area contributed by atoms with Crippen LogP contribution in [0.2, 0.25) is 5.02 Å². The van der Waals surface area contributed by atoms with E-state index in [0.29, 0.717) is 46.6 Å². The molecule has 11 nitrogen and oxygen atoms in total. The van der Waals surface area contributed by atoms with E-state index in [1.54, 1.807) is 42.3 Å². The number of ether oxygens (including phenoxy) is 4. The lowest BCUT2D eigenvalue weighted by Crippen LogP contribution is -2.35. The summed E-state index contributed by atoms with van der Waals surface area (Å²) in [6.07, 6.45) is 1.14. The summed E-state index contributed by atoms with van der Waals surface area (Å²) in [5, 5.41) is 0.325. The van der Waals surface area contributed by atoms with Gasteiger partial charge in [-0.25, -0.2) is 16.8 Å². The molecule has 1 N–H and O–H groups in total. The van der Waals surface area contributed by atoms with Crippen molar-refractivity contribution in [1.29, 1.82) is 0 Å². The minimum atomic E-state index is -3.80. The zero-order chi connectivity index (χ0) is 36.1. The van der Waals surface area contributed by atoms with Crippen LogP contribution in [0.4, 0.5) is 0 Å². The summed E-state index contributed by atoms with van der Waals surface area (Å²) in [6, 6.07) is 21.7. The van der Waals surface area contributed by atoms with Crippen molar-refractivity contribution in [2.75, 3.05) is 38.8 Å². The Morgan fingerprint density at radius 3 is 2.34 bits per heavy atom. The molecule has 1 aliphatic heterocycles. The number of amides is 1. The topological polar surface area (TPSA) is 138 Å². The minimum Gasteiger partial charge on any atom is -0.488 e. The number of nitrogens with zero attached hydrogens (tertiary/aromatic N) is 1. The number of hydrogen-bond donors (Lipinski definition) is 1. The van der Waals surface area contributed by atoms with Crippen molar-refractivity contribution >= 4 is 37.4 Å². The first-order valence-corrected chi connectivity index (χ1v) is 19.7. The lowest BCUT2D eigenvalue weighted by molar-refractivity contribution is -0.117. The normalized spacial score (nSPS) is 12.8. The van der Waals surface area contributed by atoms with Gasteiger partial charge in [0.15, 0.2) is 21.3 Å². The molecule has 0 bridgehead atoms. The van der Waals surface area contributed by atoms with E-state index < -0.39 is 25.8 Å². The Bertz CT molecular complexity index is 2100. The van der Waals surface area contributed by atoms with Gasteiger partial charge >= 0.3 is 0 Å². The number of carbonyl (C=O) groups excluding carboxylic acids is 1. The van der Waals surface area contributed by atoms with Crippen LogP contribution >= 0.6 is 11.6 Å². The Labute approximate surface area is 298 Å². The second-order valence-electron chi connectivity index (χ2n) is 12.1. The lowest BCUT2D eigenvalue weighted by Gasteiger charge is -2.21. The minimum absolute atomic E-state index is 0.0503. The molecule has 0 aliphatic carbocycles. The Hall–Kier alpha value is -4.30. The predicted molar refractivity (Wildman–Crippen MR) is 191 cm³/mol. The van der Waals surface area contributed by atoms with Crippen LogP contribution in [0.3, 0.4) is 0 Å². The molecule has 0 fully saturated rings. The number of fused-ring (bicyclic) bond motifs is 1. The van der Waals surface area contributed by atoms with E-state index in [2.05, 4.69) is 0 Å². The molecule has 266 valence electrons. The van der Waals surface area contributed by atoms with E-state index in [9.17, 15) is 21.6 Å². The summed E-state index contributed by atoms with van der Waals surface area (Å²) >= 11 is 6.75. The standard InChI is InChI=1S/C36H39ClN2O9S2/c1-24-28(8-6-10-31(24)27-11-12-33-36(19-27)46-15-14-45-33)23-48-35-20-34(47-22-26-7-5-9-30(17-26)49(4,41)42)29(18-32(35)37)21-39(3)13-16-50(43,44)38-25(2)40/h5-12,17-20H,13-16,21-23H2,1-4H3,(H,38,40). The van der Waals surface area contributed by atoms with Gasteiger partial charge in [-0.3, -0.25) is 9.52 Å². The molecule has 50 heavy (non-hydrogen) atoms. The summed E-state index contributed by atoms with van der Waals surface area (Å²) in [5.41, 5.74) is 5.26. The molecule has 0 saturated carbocycles. The molecule has 5 rings (SSSR count). The van der Waals surface area contributed by atoms with Crippen molar-refractivity contribution in [2.24, 2.45) is 0 Å². The van der Waals surface area contributed by atoms with Crippen LogP contribution < -0.4 is 23.7 Å². The van der Waals surface area contributed by atoms with Gasteiger partial charge in [-0.05, 0) is 72.1 Å². The largest absolute Gasteiger partial charge is 0.488 e. The molecule has 4 aromatic rings. The second kappa shape index (κ2) is 15.7. The van der Waals surface area contributed by atoms with Crippen molar-refractivity contribution in [3.05, 3.63) is 100 Å². The van der Waals surface area contributed by atoms with Crippen LogP contribution in [-0.4, -0.2) is 66.5 Å². The lowest BCUT2D eigenvalue weighted by atomic mass is 9.96. The highest BCUT2D eigenvalue weighted by Gasteiger charge is 2.19. The molecule has 4 aromatic carbocycles. The molecular formula is C36H39ClN2O9S2. The van der Waals surface area contributed by atoms with E-state index in [0.717, 1.165) is 41.2 Å². The van der Waals surface area contributed by atoms with E-state index in [-0.39, 0.29) is 37.0 Å². The quantitative estimate of drug-likeness (QED) is 0.175. The van der Waals surface area contributed by atoms with Crippen molar-refractivity contribution in [3.63, 3.8) is 0 Å². The van der Waals surface area contributed by atoms with Crippen molar-refractivity contribution in [1.82, 2.24) is 9.62 Å². The molecule has 0 radical (unpaired) electrons. The van der Waals surface area contributed by atoms with Gasteiger partial charge in [-0.15, -0.1) is 0 Å². The molecule has 1 aliphatic rings. The summed E-state index contributed by atoms with van der Waals surface area (Å²) in [4.78, 5) is 13.2.